The fourth-order valence-corrected chi connectivity index (χ4v) is 5.89. The van der Waals surface area contributed by atoms with Gasteiger partial charge in [0.15, 0.2) is 0 Å². The minimum Gasteiger partial charge on any atom is -0.335 e. The van der Waals surface area contributed by atoms with Gasteiger partial charge in [-0.1, -0.05) is 19.3 Å². The van der Waals surface area contributed by atoms with Gasteiger partial charge in [0.25, 0.3) is 0 Å². The number of carbonyl (C=O) groups is 1. The lowest BCUT2D eigenvalue weighted by Crippen LogP contribution is -2.54. The van der Waals surface area contributed by atoms with Crippen LogP contribution in [0.2, 0.25) is 0 Å². The number of fused-ring (bicyclic) bond motifs is 1. The molecular weight excluding hydrogens is 308 g/mol. The summed E-state index contributed by atoms with van der Waals surface area (Å²) in [6, 6.07) is 0.400. The molecule has 23 heavy (non-hydrogen) atoms. The Morgan fingerprint density at radius 2 is 2.26 bits per heavy atom. The molecule has 2 amide bonds. The number of H-pyrrole nitrogens is 1. The minimum atomic E-state index is 0.146. The second-order valence-electron chi connectivity index (χ2n) is 7.28. The number of nitrogens with zero attached hydrogens (tertiary/aromatic N) is 2. The van der Waals surface area contributed by atoms with Crippen LogP contribution in [0.5, 0.6) is 0 Å². The number of hydrogen-bond acceptors (Lipinski definition) is 3. The molecule has 0 aromatic carbocycles. The van der Waals surface area contributed by atoms with Crippen molar-refractivity contribution in [3.05, 3.63) is 17.5 Å². The van der Waals surface area contributed by atoms with Crippen LogP contribution in [0.1, 0.15) is 49.8 Å². The summed E-state index contributed by atoms with van der Waals surface area (Å²) in [7, 11) is 0. The Balaban J connectivity index is 1.35. The van der Waals surface area contributed by atoms with Crippen LogP contribution in [-0.4, -0.2) is 50.8 Å². The summed E-state index contributed by atoms with van der Waals surface area (Å²) in [5.74, 6) is 1.09. The third-order valence-corrected chi connectivity index (χ3v) is 7.18. The first-order valence-corrected chi connectivity index (χ1v) is 9.93. The average molecular weight is 334 g/mol. The van der Waals surface area contributed by atoms with E-state index in [4.69, 9.17) is 0 Å². The van der Waals surface area contributed by atoms with Crippen molar-refractivity contribution in [2.45, 2.75) is 62.2 Å². The number of aromatic amines is 1. The van der Waals surface area contributed by atoms with Gasteiger partial charge in [0.05, 0.1) is 6.20 Å². The van der Waals surface area contributed by atoms with E-state index in [1.165, 1.54) is 43.4 Å². The normalized spacial score (nSPS) is 26.8. The second-order valence-corrected chi connectivity index (χ2v) is 8.84. The van der Waals surface area contributed by atoms with Crippen LogP contribution >= 0.6 is 11.8 Å². The van der Waals surface area contributed by atoms with Crippen molar-refractivity contribution in [2.24, 2.45) is 0 Å². The number of hydrogen-bond donors (Lipinski definition) is 2. The zero-order chi connectivity index (χ0) is 15.7. The highest BCUT2D eigenvalue weighted by atomic mass is 32.2. The maximum absolute atomic E-state index is 12.7. The highest BCUT2D eigenvalue weighted by molar-refractivity contribution is 8.00. The van der Waals surface area contributed by atoms with Crippen LogP contribution < -0.4 is 5.32 Å². The molecule has 4 rings (SSSR count). The molecule has 5 nitrogen and oxygen atoms in total. The summed E-state index contributed by atoms with van der Waals surface area (Å²) in [6.07, 6.45) is 11.4. The maximum Gasteiger partial charge on any atom is 0.317 e. The van der Waals surface area contributed by atoms with Crippen molar-refractivity contribution in [3.63, 3.8) is 0 Å². The quantitative estimate of drug-likeness (QED) is 0.830. The fourth-order valence-electron chi connectivity index (χ4n) is 4.32. The van der Waals surface area contributed by atoms with Gasteiger partial charge in [-0.2, -0.15) is 16.9 Å². The number of aryl methyl sites for hydroxylation is 1. The highest BCUT2D eigenvalue weighted by Crippen LogP contribution is 2.42. The number of aromatic nitrogens is 2. The number of amides is 2. The van der Waals surface area contributed by atoms with E-state index in [9.17, 15) is 4.79 Å². The predicted molar refractivity (Wildman–Crippen MR) is 92.8 cm³/mol. The van der Waals surface area contributed by atoms with Gasteiger partial charge in [-0.25, -0.2) is 4.79 Å². The van der Waals surface area contributed by atoms with Gasteiger partial charge >= 0.3 is 6.03 Å². The van der Waals surface area contributed by atoms with Crippen LogP contribution in [0.3, 0.4) is 0 Å². The van der Waals surface area contributed by atoms with Crippen LogP contribution in [0.4, 0.5) is 4.79 Å². The maximum atomic E-state index is 12.7. The SMILES string of the molecule is O=C(N[C@H]1CCc2[nH]ncc2C1)N1CCSC2(CCCCC2)C1. The summed E-state index contributed by atoms with van der Waals surface area (Å²) < 4.78 is 0.345. The molecule has 2 N–H and O–H groups in total. The van der Waals surface area contributed by atoms with Crippen LogP contribution in [0.15, 0.2) is 6.20 Å². The molecule has 6 heteroatoms. The smallest absolute Gasteiger partial charge is 0.317 e. The van der Waals surface area contributed by atoms with E-state index in [2.05, 4.69) is 32.2 Å². The zero-order valence-corrected chi connectivity index (χ0v) is 14.5. The topological polar surface area (TPSA) is 61.0 Å². The molecule has 2 heterocycles. The van der Waals surface area contributed by atoms with Gasteiger partial charge in [0, 0.05) is 35.3 Å². The van der Waals surface area contributed by atoms with E-state index in [-0.39, 0.29) is 12.1 Å². The Bertz CT molecular complexity index is 561. The standard InChI is InChI=1S/C17H26N4OS/c22-16(19-14-4-5-15-13(10-14)11-18-20-15)21-8-9-23-17(12-21)6-2-1-3-7-17/h11,14H,1-10,12H2,(H,18,20)(H,19,22)/t14-/m0/s1. The second kappa shape index (κ2) is 6.38. The average Bonchev–Trinajstić information content (AvgIpc) is 3.03. The number of carbonyl (C=O) groups excluding carboxylic acids is 1. The molecule has 1 aromatic heterocycles. The summed E-state index contributed by atoms with van der Waals surface area (Å²) in [6.45, 7) is 1.83. The molecule has 2 aliphatic carbocycles. The van der Waals surface area contributed by atoms with Crippen LogP contribution in [0, 0.1) is 0 Å². The van der Waals surface area contributed by atoms with Crippen LogP contribution in [0.25, 0.3) is 0 Å². The third-order valence-electron chi connectivity index (χ3n) is 5.64. The molecule has 1 saturated heterocycles. The predicted octanol–water partition coefficient (Wildman–Crippen LogP) is 2.73. The number of rotatable bonds is 1. The zero-order valence-electron chi connectivity index (χ0n) is 13.6. The lowest BCUT2D eigenvalue weighted by molar-refractivity contribution is 0.180. The number of nitrogens with one attached hydrogen (secondary N) is 2. The molecule has 1 aliphatic heterocycles. The molecule has 0 unspecified atom stereocenters. The van der Waals surface area contributed by atoms with E-state index < -0.39 is 0 Å². The van der Waals surface area contributed by atoms with Crippen molar-refractivity contribution in [2.75, 3.05) is 18.8 Å². The van der Waals surface area contributed by atoms with E-state index in [0.717, 1.165) is 38.1 Å². The molecule has 0 radical (unpaired) electrons. The van der Waals surface area contributed by atoms with Gasteiger partial charge in [-0.3, -0.25) is 5.10 Å². The lowest BCUT2D eigenvalue weighted by atomic mass is 9.87. The molecule has 1 saturated carbocycles. The molecule has 1 atom stereocenters. The van der Waals surface area contributed by atoms with Crippen molar-refractivity contribution < 1.29 is 4.79 Å². The van der Waals surface area contributed by atoms with Crippen LogP contribution in [-0.2, 0) is 12.8 Å². The molecule has 0 bridgehead atoms. The van der Waals surface area contributed by atoms with Crippen molar-refractivity contribution >= 4 is 17.8 Å². The largest absolute Gasteiger partial charge is 0.335 e. The van der Waals surface area contributed by atoms with Crippen molar-refractivity contribution in [3.8, 4) is 0 Å². The van der Waals surface area contributed by atoms with E-state index in [1.54, 1.807) is 0 Å². The molecule has 3 aliphatic rings. The Hall–Kier alpha value is -1.17. The van der Waals surface area contributed by atoms with E-state index >= 15 is 0 Å². The molecule has 2 fully saturated rings. The Kier molecular flexibility index (Phi) is 4.26. The monoisotopic (exact) mass is 334 g/mol. The Labute approximate surface area is 142 Å². The van der Waals surface area contributed by atoms with Crippen molar-refractivity contribution in [1.29, 1.82) is 0 Å². The number of thioether (sulfide) groups is 1. The van der Waals surface area contributed by atoms with Gasteiger partial charge < -0.3 is 10.2 Å². The first kappa shape index (κ1) is 15.4. The van der Waals surface area contributed by atoms with Crippen molar-refractivity contribution in [1.82, 2.24) is 20.4 Å². The minimum absolute atomic E-state index is 0.146. The van der Waals surface area contributed by atoms with Gasteiger partial charge in [0.1, 0.15) is 0 Å². The van der Waals surface area contributed by atoms with Gasteiger partial charge in [-0.05, 0) is 37.7 Å². The Morgan fingerprint density at radius 1 is 1.39 bits per heavy atom. The Morgan fingerprint density at radius 3 is 3.13 bits per heavy atom. The first-order valence-electron chi connectivity index (χ1n) is 8.95. The van der Waals surface area contributed by atoms with E-state index in [1.807, 2.05) is 6.20 Å². The molecular formula is C17H26N4OS. The molecule has 1 spiro atoms. The van der Waals surface area contributed by atoms with Gasteiger partial charge in [-0.15, -0.1) is 0 Å². The van der Waals surface area contributed by atoms with Gasteiger partial charge in [0.2, 0.25) is 0 Å². The summed E-state index contributed by atoms with van der Waals surface area (Å²) in [5, 5.41) is 10.4. The summed E-state index contributed by atoms with van der Waals surface area (Å²) in [4.78, 5) is 14.8. The molecule has 126 valence electrons. The third kappa shape index (κ3) is 3.23. The number of urea groups is 1. The fraction of sp³-hybridized carbons (Fsp3) is 0.765. The summed E-state index contributed by atoms with van der Waals surface area (Å²) >= 11 is 2.11. The lowest BCUT2D eigenvalue weighted by Gasteiger charge is -2.45. The van der Waals surface area contributed by atoms with E-state index in [0.29, 0.717) is 4.75 Å². The highest BCUT2D eigenvalue weighted by Gasteiger charge is 2.39. The molecule has 1 aromatic rings. The summed E-state index contributed by atoms with van der Waals surface area (Å²) in [5.41, 5.74) is 2.51. The first-order chi connectivity index (χ1) is 11.2.